The maximum atomic E-state index is 12.6. The van der Waals surface area contributed by atoms with Crippen molar-refractivity contribution in [2.24, 2.45) is 0 Å². The van der Waals surface area contributed by atoms with Crippen molar-refractivity contribution in [3.8, 4) is 0 Å². The van der Waals surface area contributed by atoms with Crippen LogP contribution in [0.3, 0.4) is 0 Å². The van der Waals surface area contributed by atoms with E-state index in [1.807, 2.05) is 0 Å². The Hall–Kier alpha value is -2.07. The molecule has 16 heteroatoms. The van der Waals surface area contributed by atoms with Crippen LogP contribution >= 0.6 is 7.82 Å². The second-order valence-electron chi connectivity index (χ2n) is 12.0. The molecule has 48 heavy (non-hydrogen) atoms. The van der Waals surface area contributed by atoms with Gasteiger partial charge in [-0.15, -0.1) is 0 Å². The molecule has 0 saturated heterocycles. The smallest absolute Gasteiger partial charge is 0.462 e. The van der Waals surface area contributed by atoms with E-state index in [1.54, 1.807) is 0 Å². The number of carbonyl (C=O) groups excluding carboxylic acids is 4. The number of phosphoric ester groups is 1. The van der Waals surface area contributed by atoms with E-state index in [9.17, 15) is 54.2 Å². The molecule has 6 N–H and O–H groups in total. The van der Waals surface area contributed by atoms with Crippen LogP contribution in [0.4, 0.5) is 0 Å². The average molecular weight is 711 g/mol. The van der Waals surface area contributed by atoms with Gasteiger partial charge in [0.1, 0.15) is 49.5 Å². The van der Waals surface area contributed by atoms with E-state index < -0.39 is 87.9 Å². The quantitative estimate of drug-likeness (QED) is 0.0236. The number of carbonyl (C=O) groups is 4. The summed E-state index contributed by atoms with van der Waals surface area (Å²) in [5.41, 5.74) is 0. The number of allylic oxidation sites excluding steroid dienone is 2. The largest absolute Gasteiger partial charge is 0.472 e. The Bertz CT molecular complexity index is 1010. The predicted octanol–water partition coefficient (Wildman–Crippen LogP) is 2.35. The third-order valence-electron chi connectivity index (χ3n) is 7.90. The van der Waals surface area contributed by atoms with Gasteiger partial charge in [-0.1, -0.05) is 84.0 Å². The molecule has 0 aromatic rings. The number of rotatable bonds is 27. The summed E-state index contributed by atoms with van der Waals surface area (Å²) < 4.78 is 32.5. The summed E-state index contributed by atoms with van der Waals surface area (Å²) in [4.78, 5) is 56.9. The Morgan fingerprint density at radius 2 is 1.19 bits per heavy atom. The van der Waals surface area contributed by atoms with Crippen LogP contribution in [0, 0.1) is 0 Å². The van der Waals surface area contributed by atoms with Crippen LogP contribution < -0.4 is 0 Å². The van der Waals surface area contributed by atoms with Gasteiger partial charge in [-0.05, 0) is 18.6 Å². The minimum atomic E-state index is -5.19. The Morgan fingerprint density at radius 1 is 0.688 bits per heavy atom. The molecule has 0 bridgehead atoms. The fourth-order valence-corrected chi connectivity index (χ4v) is 6.02. The van der Waals surface area contributed by atoms with Crippen LogP contribution in [-0.2, 0) is 42.3 Å². The Labute approximate surface area is 282 Å². The van der Waals surface area contributed by atoms with Crippen LogP contribution in [0.5, 0.6) is 0 Å². The normalized spacial score (nSPS) is 24.6. The molecule has 6 unspecified atom stereocenters. The first-order valence-corrected chi connectivity index (χ1v) is 18.4. The number of ether oxygens (including phenoxy) is 2. The van der Waals surface area contributed by atoms with Gasteiger partial charge < -0.3 is 39.9 Å². The summed E-state index contributed by atoms with van der Waals surface area (Å²) in [5.74, 6) is -2.09. The Balaban J connectivity index is 2.56. The van der Waals surface area contributed by atoms with Gasteiger partial charge in [0.05, 0.1) is 13.0 Å². The second kappa shape index (κ2) is 25.0. The molecule has 1 rings (SSSR count). The number of hydrogen-bond donors (Lipinski definition) is 6. The minimum Gasteiger partial charge on any atom is -0.462 e. The molecule has 278 valence electrons. The molecular weight excluding hydrogens is 655 g/mol. The fourth-order valence-electron chi connectivity index (χ4n) is 5.04. The third kappa shape index (κ3) is 18.6. The van der Waals surface area contributed by atoms with Crippen molar-refractivity contribution in [3.63, 3.8) is 0 Å². The van der Waals surface area contributed by atoms with Gasteiger partial charge in [-0.2, -0.15) is 0 Å². The molecule has 0 spiro atoms. The fraction of sp³-hybridized carbons (Fsp3) is 0.812. The van der Waals surface area contributed by atoms with Crippen molar-refractivity contribution in [2.45, 2.75) is 152 Å². The first kappa shape index (κ1) is 44.0. The van der Waals surface area contributed by atoms with E-state index >= 15 is 0 Å². The van der Waals surface area contributed by atoms with Crippen LogP contribution in [-0.4, -0.2) is 110 Å². The monoisotopic (exact) mass is 710 g/mol. The first-order chi connectivity index (χ1) is 22.8. The molecule has 1 aliphatic rings. The van der Waals surface area contributed by atoms with Gasteiger partial charge in [-0.25, -0.2) is 4.57 Å². The highest BCUT2D eigenvalue weighted by Crippen LogP contribution is 2.47. The zero-order chi connectivity index (χ0) is 36.0. The molecule has 8 atom stereocenters. The van der Waals surface area contributed by atoms with Crippen LogP contribution in [0.2, 0.25) is 0 Å². The van der Waals surface area contributed by atoms with Crippen molar-refractivity contribution in [1.82, 2.24) is 0 Å². The predicted molar refractivity (Wildman–Crippen MR) is 171 cm³/mol. The Kier molecular flexibility index (Phi) is 22.9. The summed E-state index contributed by atoms with van der Waals surface area (Å²) in [5, 5.41) is 49.5. The van der Waals surface area contributed by atoms with E-state index in [1.165, 1.54) is 51.4 Å². The Morgan fingerprint density at radius 3 is 1.71 bits per heavy atom. The number of unbranched alkanes of at least 4 members (excludes halogenated alkanes) is 12. The van der Waals surface area contributed by atoms with Gasteiger partial charge in [0.2, 0.25) is 0 Å². The molecule has 1 saturated carbocycles. The lowest BCUT2D eigenvalue weighted by Gasteiger charge is -2.41. The van der Waals surface area contributed by atoms with Gasteiger partial charge in [0.25, 0.3) is 0 Å². The summed E-state index contributed by atoms with van der Waals surface area (Å²) in [6, 6.07) is 0. The minimum absolute atomic E-state index is 0.0897. The lowest BCUT2D eigenvalue weighted by atomic mass is 9.85. The maximum absolute atomic E-state index is 12.6. The molecule has 1 aliphatic carbocycles. The van der Waals surface area contributed by atoms with E-state index in [-0.39, 0.29) is 12.8 Å². The highest BCUT2D eigenvalue weighted by molar-refractivity contribution is 7.47. The SMILES string of the molecule is CCCCCCCCCCCCCCCC(=O)OC[C@H](COP(=O)(O)OC1C(O)C(O)C(O)[C@@H](O)C1O)OC(=O)CCC(=O)/C=C/C=O. The number of phosphoric acid groups is 1. The van der Waals surface area contributed by atoms with E-state index in [0.29, 0.717) is 12.7 Å². The molecule has 15 nitrogen and oxygen atoms in total. The van der Waals surface area contributed by atoms with Crippen molar-refractivity contribution in [3.05, 3.63) is 12.2 Å². The summed E-state index contributed by atoms with van der Waals surface area (Å²) in [6.45, 7) is 0.745. The number of hydrogen-bond acceptors (Lipinski definition) is 14. The van der Waals surface area contributed by atoms with E-state index in [4.69, 9.17) is 18.5 Å². The standard InChI is InChI=1S/C32H55O15P/c1-2-3-4-5-6-7-8-9-10-11-12-13-14-17-25(35)44-21-24(46-26(36)19-18-23(34)16-15-20-33)22-45-48(42,43)47-32-30(40)28(38)27(37)29(39)31(32)41/h15-16,20,24,27-32,37-41H,2-14,17-19,21-22H2,1H3,(H,42,43)/b16-15+/t24-,27?,28-,29?,30?,31?,32?/m1/s1. The first-order valence-electron chi connectivity index (χ1n) is 16.9. The van der Waals surface area contributed by atoms with Crippen molar-refractivity contribution >= 4 is 31.8 Å². The number of aliphatic hydroxyl groups is 5. The maximum Gasteiger partial charge on any atom is 0.472 e. The summed E-state index contributed by atoms with van der Waals surface area (Å²) in [6.07, 6.45) is 2.70. The van der Waals surface area contributed by atoms with Crippen LogP contribution in [0.25, 0.3) is 0 Å². The van der Waals surface area contributed by atoms with E-state index in [0.717, 1.165) is 37.8 Å². The zero-order valence-electron chi connectivity index (χ0n) is 27.8. The highest BCUT2D eigenvalue weighted by Gasteiger charge is 2.51. The lowest BCUT2D eigenvalue weighted by Crippen LogP contribution is -2.64. The second-order valence-corrected chi connectivity index (χ2v) is 13.4. The molecule has 0 radical (unpaired) electrons. The van der Waals surface area contributed by atoms with Crippen molar-refractivity contribution < 1.29 is 72.7 Å². The van der Waals surface area contributed by atoms with Gasteiger partial charge >= 0.3 is 19.8 Å². The highest BCUT2D eigenvalue weighted by atomic mass is 31.2. The number of esters is 2. The van der Waals surface area contributed by atoms with Crippen molar-refractivity contribution in [1.29, 1.82) is 0 Å². The average Bonchev–Trinajstić information content (AvgIpc) is 3.06. The molecular formula is C32H55O15P. The molecule has 0 aliphatic heterocycles. The summed E-state index contributed by atoms with van der Waals surface area (Å²) in [7, 11) is -5.19. The lowest BCUT2D eigenvalue weighted by molar-refractivity contribution is -0.220. The number of ketones is 1. The van der Waals surface area contributed by atoms with Gasteiger partial charge in [-0.3, -0.25) is 28.2 Å². The summed E-state index contributed by atoms with van der Waals surface area (Å²) >= 11 is 0. The van der Waals surface area contributed by atoms with Crippen LogP contribution in [0.1, 0.15) is 110 Å². The van der Waals surface area contributed by atoms with Crippen LogP contribution in [0.15, 0.2) is 12.2 Å². The molecule has 0 amide bonds. The van der Waals surface area contributed by atoms with Crippen molar-refractivity contribution in [2.75, 3.05) is 13.2 Å². The number of aldehydes is 1. The van der Waals surface area contributed by atoms with Gasteiger partial charge in [0.15, 0.2) is 11.9 Å². The van der Waals surface area contributed by atoms with E-state index in [2.05, 4.69) is 6.92 Å². The topological polar surface area (TPSA) is 244 Å². The third-order valence-corrected chi connectivity index (χ3v) is 8.89. The molecule has 0 heterocycles. The molecule has 0 aromatic heterocycles. The number of aliphatic hydroxyl groups excluding tert-OH is 5. The molecule has 1 fully saturated rings. The zero-order valence-corrected chi connectivity index (χ0v) is 28.7. The molecule has 0 aromatic carbocycles. The van der Waals surface area contributed by atoms with Gasteiger partial charge in [0, 0.05) is 12.8 Å².